The van der Waals surface area contributed by atoms with Crippen LogP contribution in [0, 0.1) is 0 Å². The second-order valence-electron chi connectivity index (χ2n) is 4.43. The van der Waals surface area contributed by atoms with E-state index in [-0.39, 0.29) is 12.6 Å². The molecule has 0 radical (unpaired) electrons. The van der Waals surface area contributed by atoms with E-state index in [0.29, 0.717) is 11.9 Å². The van der Waals surface area contributed by atoms with Gasteiger partial charge < -0.3 is 19.4 Å². The summed E-state index contributed by atoms with van der Waals surface area (Å²) < 4.78 is 10.7. The Morgan fingerprint density at radius 1 is 1.30 bits per heavy atom. The first-order valence-corrected chi connectivity index (χ1v) is 6.51. The van der Waals surface area contributed by atoms with E-state index in [2.05, 4.69) is 27.2 Å². The highest BCUT2D eigenvalue weighted by Gasteiger charge is 2.09. The van der Waals surface area contributed by atoms with Gasteiger partial charge in [-0.1, -0.05) is 6.92 Å². The number of ether oxygens (including phenoxy) is 1. The molecule has 2 aromatic heterocycles. The second-order valence-corrected chi connectivity index (χ2v) is 4.43. The lowest BCUT2D eigenvalue weighted by atomic mass is 10.5. The van der Waals surface area contributed by atoms with Crippen LogP contribution in [0.15, 0.2) is 22.8 Å². The van der Waals surface area contributed by atoms with Crippen LogP contribution in [0.25, 0.3) is 0 Å². The number of furan rings is 1. The third-order valence-electron chi connectivity index (χ3n) is 2.46. The summed E-state index contributed by atoms with van der Waals surface area (Å²) in [5.74, 6) is 1.79. The molecular weight excluding hydrogens is 258 g/mol. The monoisotopic (exact) mass is 277 g/mol. The molecule has 7 nitrogen and oxygen atoms in total. The molecule has 2 rings (SSSR count). The fraction of sp³-hybridized carbons (Fsp3) is 0.462. The largest absolute Gasteiger partial charge is 0.466 e. The minimum atomic E-state index is 0.277. The van der Waals surface area contributed by atoms with Gasteiger partial charge in [-0.15, -0.1) is 0 Å². The average molecular weight is 277 g/mol. The molecule has 7 heteroatoms. The van der Waals surface area contributed by atoms with Crippen LogP contribution in [-0.4, -0.2) is 35.6 Å². The smallest absolute Gasteiger partial charge is 0.323 e. The van der Waals surface area contributed by atoms with Crippen LogP contribution in [0.3, 0.4) is 0 Å². The van der Waals surface area contributed by atoms with E-state index < -0.39 is 0 Å². The fourth-order valence-electron chi connectivity index (χ4n) is 1.46. The fourth-order valence-corrected chi connectivity index (χ4v) is 1.46. The summed E-state index contributed by atoms with van der Waals surface area (Å²) in [5, 5.41) is 3.13. The molecule has 0 aliphatic carbocycles. The first-order chi connectivity index (χ1) is 9.69. The summed E-state index contributed by atoms with van der Waals surface area (Å²) in [5.41, 5.74) is 0. The molecule has 2 heterocycles. The zero-order valence-corrected chi connectivity index (χ0v) is 12.0. The summed E-state index contributed by atoms with van der Waals surface area (Å²) in [6.07, 6.45) is 2.59. The Bertz CT molecular complexity index is 528. The first kappa shape index (κ1) is 14.1. The Kier molecular flexibility index (Phi) is 4.75. The van der Waals surface area contributed by atoms with Crippen molar-refractivity contribution in [3.63, 3.8) is 0 Å². The van der Waals surface area contributed by atoms with Crippen molar-refractivity contribution in [2.45, 2.75) is 20.0 Å². The Hall–Kier alpha value is -2.31. The Labute approximate surface area is 118 Å². The number of aromatic nitrogens is 3. The number of hydrogen-bond acceptors (Lipinski definition) is 7. The molecule has 0 aliphatic heterocycles. The maximum absolute atomic E-state index is 5.54. The summed E-state index contributed by atoms with van der Waals surface area (Å²) >= 11 is 0. The van der Waals surface area contributed by atoms with Gasteiger partial charge in [-0.05, 0) is 18.6 Å². The van der Waals surface area contributed by atoms with Gasteiger partial charge in [-0.25, -0.2) is 0 Å². The van der Waals surface area contributed by atoms with Crippen LogP contribution in [0.4, 0.5) is 11.9 Å². The molecular formula is C13H19N5O2. The predicted molar refractivity (Wildman–Crippen MR) is 76.0 cm³/mol. The van der Waals surface area contributed by atoms with Crippen molar-refractivity contribution < 1.29 is 9.15 Å². The molecule has 20 heavy (non-hydrogen) atoms. The number of anilines is 2. The first-order valence-electron chi connectivity index (χ1n) is 6.51. The summed E-state index contributed by atoms with van der Waals surface area (Å²) in [6, 6.07) is 3.93. The van der Waals surface area contributed by atoms with Crippen LogP contribution < -0.4 is 15.0 Å². The van der Waals surface area contributed by atoms with Gasteiger partial charge in [-0.3, -0.25) is 0 Å². The van der Waals surface area contributed by atoms with E-state index in [1.807, 2.05) is 26.2 Å². The predicted octanol–water partition coefficient (Wildman–Crippen LogP) is 1.93. The summed E-state index contributed by atoms with van der Waals surface area (Å²) in [4.78, 5) is 14.6. The number of nitrogens with one attached hydrogen (secondary N) is 1. The molecule has 108 valence electrons. The van der Waals surface area contributed by atoms with E-state index in [4.69, 9.17) is 9.15 Å². The summed E-state index contributed by atoms with van der Waals surface area (Å²) in [7, 11) is 3.74. The lowest BCUT2D eigenvalue weighted by Gasteiger charge is -2.13. The minimum absolute atomic E-state index is 0.277. The lowest BCUT2D eigenvalue weighted by Crippen LogP contribution is -2.16. The van der Waals surface area contributed by atoms with Gasteiger partial charge in [0.1, 0.15) is 12.4 Å². The molecule has 0 saturated heterocycles. The van der Waals surface area contributed by atoms with Gasteiger partial charge >= 0.3 is 6.01 Å². The average Bonchev–Trinajstić information content (AvgIpc) is 2.96. The van der Waals surface area contributed by atoms with Gasteiger partial charge in [0.05, 0.1) is 6.26 Å². The van der Waals surface area contributed by atoms with Crippen LogP contribution in [0.1, 0.15) is 19.1 Å². The minimum Gasteiger partial charge on any atom is -0.466 e. The van der Waals surface area contributed by atoms with Crippen LogP contribution in [-0.2, 0) is 6.61 Å². The maximum atomic E-state index is 5.54. The molecule has 0 spiro atoms. The molecule has 2 aromatic rings. The van der Waals surface area contributed by atoms with Crippen LogP contribution >= 0.6 is 0 Å². The van der Waals surface area contributed by atoms with E-state index >= 15 is 0 Å². The van der Waals surface area contributed by atoms with Crippen molar-refractivity contribution in [1.29, 1.82) is 0 Å². The number of nitrogens with zero attached hydrogens (tertiary/aromatic N) is 4. The molecule has 0 bridgehead atoms. The van der Waals surface area contributed by atoms with Gasteiger partial charge in [0.15, 0.2) is 0 Å². The Balaban J connectivity index is 2.11. The van der Waals surface area contributed by atoms with Crippen molar-refractivity contribution >= 4 is 11.9 Å². The van der Waals surface area contributed by atoms with E-state index in [0.717, 1.165) is 18.7 Å². The molecule has 0 unspecified atom stereocenters. The highest BCUT2D eigenvalue weighted by molar-refractivity contribution is 5.36. The van der Waals surface area contributed by atoms with Crippen molar-refractivity contribution in [1.82, 2.24) is 15.0 Å². The third kappa shape index (κ3) is 3.84. The molecule has 0 fully saturated rings. The molecule has 0 atom stereocenters. The standard InChI is InChI=1S/C13H19N5O2/c1-4-7-14-11-15-12(18(2)3)17-13(16-11)20-9-10-6-5-8-19-10/h5-6,8H,4,7,9H2,1-3H3,(H,14,15,16,17). The van der Waals surface area contributed by atoms with Crippen LogP contribution in [0.5, 0.6) is 6.01 Å². The molecule has 0 amide bonds. The molecule has 0 aromatic carbocycles. The number of rotatable bonds is 7. The Morgan fingerprint density at radius 2 is 2.15 bits per heavy atom. The van der Waals surface area contributed by atoms with Crippen molar-refractivity contribution in [2.75, 3.05) is 30.9 Å². The molecule has 1 N–H and O–H groups in total. The van der Waals surface area contributed by atoms with E-state index in [1.54, 1.807) is 11.2 Å². The van der Waals surface area contributed by atoms with Gasteiger partial charge in [-0.2, -0.15) is 15.0 Å². The number of hydrogen-bond donors (Lipinski definition) is 1. The van der Waals surface area contributed by atoms with Crippen molar-refractivity contribution in [2.24, 2.45) is 0 Å². The van der Waals surface area contributed by atoms with Crippen LogP contribution in [0.2, 0.25) is 0 Å². The van der Waals surface area contributed by atoms with E-state index in [9.17, 15) is 0 Å². The highest BCUT2D eigenvalue weighted by atomic mass is 16.5. The zero-order valence-electron chi connectivity index (χ0n) is 12.0. The second kappa shape index (κ2) is 6.74. The van der Waals surface area contributed by atoms with E-state index in [1.165, 1.54) is 0 Å². The van der Waals surface area contributed by atoms with Crippen molar-refractivity contribution in [3.05, 3.63) is 24.2 Å². The topological polar surface area (TPSA) is 76.3 Å². The lowest BCUT2D eigenvalue weighted by molar-refractivity contribution is 0.250. The van der Waals surface area contributed by atoms with Gasteiger partial charge in [0.25, 0.3) is 0 Å². The molecule has 0 saturated carbocycles. The van der Waals surface area contributed by atoms with Gasteiger partial charge in [0, 0.05) is 20.6 Å². The SMILES string of the molecule is CCCNc1nc(OCc2ccco2)nc(N(C)C)n1. The zero-order chi connectivity index (χ0) is 14.4. The van der Waals surface area contributed by atoms with Gasteiger partial charge in [0.2, 0.25) is 11.9 Å². The normalized spacial score (nSPS) is 10.3. The van der Waals surface area contributed by atoms with Crippen molar-refractivity contribution in [3.8, 4) is 6.01 Å². The summed E-state index contributed by atoms with van der Waals surface area (Å²) in [6.45, 7) is 3.17. The molecule has 0 aliphatic rings. The third-order valence-corrected chi connectivity index (χ3v) is 2.46. The highest BCUT2D eigenvalue weighted by Crippen LogP contribution is 2.14. The quantitative estimate of drug-likeness (QED) is 0.828. The Morgan fingerprint density at radius 3 is 2.80 bits per heavy atom. The maximum Gasteiger partial charge on any atom is 0.323 e.